The second kappa shape index (κ2) is 8.51. The van der Waals surface area contributed by atoms with Crippen molar-refractivity contribution in [3.63, 3.8) is 0 Å². The van der Waals surface area contributed by atoms with Gasteiger partial charge >= 0.3 is 0 Å². The van der Waals surface area contributed by atoms with Crippen LogP contribution in [0.5, 0.6) is 0 Å². The molecule has 21 heavy (non-hydrogen) atoms. The Balaban J connectivity index is 2.76. The molecule has 0 aliphatic rings. The van der Waals surface area contributed by atoms with E-state index in [0.717, 1.165) is 32.1 Å². The number of aryl methyl sites for hydroxylation is 2. The molecular formula is C14H28N4O2S. The second-order valence-electron chi connectivity index (χ2n) is 5.32. The Labute approximate surface area is 128 Å². The molecule has 0 saturated carbocycles. The van der Waals surface area contributed by atoms with Gasteiger partial charge in [0.1, 0.15) is 4.90 Å². The van der Waals surface area contributed by atoms with Crippen molar-refractivity contribution in [1.29, 1.82) is 0 Å². The summed E-state index contributed by atoms with van der Waals surface area (Å²) >= 11 is 0. The molecule has 0 saturated heterocycles. The highest BCUT2D eigenvalue weighted by atomic mass is 32.2. The van der Waals surface area contributed by atoms with Gasteiger partial charge in [0, 0.05) is 13.1 Å². The summed E-state index contributed by atoms with van der Waals surface area (Å²) in [5.41, 5.74) is 6.72. The van der Waals surface area contributed by atoms with Gasteiger partial charge in [-0.05, 0) is 33.2 Å². The van der Waals surface area contributed by atoms with Gasteiger partial charge < -0.3 is 5.73 Å². The van der Waals surface area contributed by atoms with Crippen molar-refractivity contribution in [1.82, 2.24) is 14.5 Å². The highest BCUT2D eigenvalue weighted by Gasteiger charge is 2.23. The van der Waals surface area contributed by atoms with Crippen molar-refractivity contribution >= 4 is 10.0 Å². The molecule has 1 aromatic heterocycles. The van der Waals surface area contributed by atoms with E-state index in [4.69, 9.17) is 5.73 Å². The van der Waals surface area contributed by atoms with Crippen LogP contribution in [0.3, 0.4) is 0 Å². The maximum atomic E-state index is 12.4. The molecule has 0 unspecified atom stereocenters. The lowest BCUT2D eigenvalue weighted by molar-refractivity contribution is 0.561. The van der Waals surface area contributed by atoms with E-state index in [-0.39, 0.29) is 0 Å². The first-order chi connectivity index (χ1) is 9.94. The van der Waals surface area contributed by atoms with Gasteiger partial charge in [-0.3, -0.25) is 4.68 Å². The molecule has 0 radical (unpaired) electrons. The Morgan fingerprint density at radius 1 is 1.19 bits per heavy atom. The highest BCUT2D eigenvalue weighted by molar-refractivity contribution is 7.89. The van der Waals surface area contributed by atoms with Gasteiger partial charge in [0.05, 0.1) is 11.4 Å². The lowest BCUT2D eigenvalue weighted by Crippen LogP contribution is -2.26. The van der Waals surface area contributed by atoms with Crippen LogP contribution in [0.2, 0.25) is 0 Å². The average molecular weight is 316 g/mol. The van der Waals surface area contributed by atoms with E-state index in [9.17, 15) is 8.42 Å². The molecule has 6 nitrogen and oxygen atoms in total. The standard InChI is InChI=1S/C14H28N4O2S/c1-4-5-6-7-10-16-21(19,20)14-12(2)17-18(13(14)3)11-8-9-15/h16H,4-11,15H2,1-3H3. The van der Waals surface area contributed by atoms with Crippen molar-refractivity contribution in [2.45, 2.75) is 64.3 Å². The fraction of sp³-hybridized carbons (Fsp3) is 0.786. The molecule has 1 heterocycles. The number of hydrogen-bond donors (Lipinski definition) is 2. The van der Waals surface area contributed by atoms with E-state index in [1.54, 1.807) is 18.5 Å². The van der Waals surface area contributed by atoms with Gasteiger partial charge in [-0.25, -0.2) is 13.1 Å². The highest BCUT2D eigenvalue weighted by Crippen LogP contribution is 2.19. The van der Waals surface area contributed by atoms with Crippen molar-refractivity contribution in [3.05, 3.63) is 11.4 Å². The van der Waals surface area contributed by atoms with Crippen LogP contribution in [0.1, 0.15) is 50.4 Å². The Hall–Kier alpha value is -0.920. The summed E-state index contributed by atoms with van der Waals surface area (Å²) in [6.45, 7) is 7.35. The van der Waals surface area contributed by atoms with E-state index in [0.29, 0.717) is 35.9 Å². The van der Waals surface area contributed by atoms with Crippen molar-refractivity contribution < 1.29 is 8.42 Å². The number of hydrogen-bond acceptors (Lipinski definition) is 4. The fourth-order valence-corrected chi connectivity index (χ4v) is 3.84. The van der Waals surface area contributed by atoms with Crippen molar-refractivity contribution in [2.24, 2.45) is 5.73 Å². The lowest BCUT2D eigenvalue weighted by atomic mass is 10.2. The molecule has 0 aliphatic heterocycles. The topological polar surface area (TPSA) is 90.0 Å². The summed E-state index contributed by atoms with van der Waals surface area (Å²) in [6.07, 6.45) is 4.97. The van der Waals surface area contributed by atoms with Crippen LogP contribution in [0.15, 0.2) is 4.90 Å². The van der Waals surface area contributed by atoms with Gasteiger partial charge in [-0.2, -0.15) is 5.10 Å². The van der Waals surface area contributed by atoms with E-state index >= 15 is 0 Å². The summed E-state index contributed by atoms with van der Waals surface area (Å²) in [5.74, 6) is 0. The summed E-state index contributed by atoms with van der Waals surface area (Å²) in [7, 11) is -3.48. The Kier molecular flexibility index (Phi) is 7.34. The molecule has 122 valence electrons. The number of rotatable bonds is 10. The lowest BCUT2D eigenvalue weighted by Gasteiger charge is -2.08. The molecule has 3 N–H and O–H groups in total. The van der Waals surface area contributed by atoms with Crippen LogP contribution >= 0.6 is 0 Å². The van der Waals surface area contributed by atoms with Gasteiger partial charge in [0.15, 0.2) is 0 Å². The largest absolute Gasteiger partial charge is 0.330 e. The monoisotopic (exact) mass is 316 g/mol. The van der Waals surface area contributed by atoms with Crippen LogP contribution in [-0.2, 0) is 16.6 Å². The van der Waals surface area contributed by atoms with E-state index in [1.807, 2.05) is 0 Å². The minimum atomic E-state index is -3.48. The maximum absolute atomic E-state index is 12.4. The predicted octanol–water partition coefficient (Wildman–Crippen LogP) is 1.71. The Bertz CT molecular complexity index is 537. The molecule has 0 aromatic carbocycles. The zero-order valence-corrected chi connectivity index (χ0v) is 14.2. The molecule has 0 aliphatic carbocycles. The van der Waals surface area contributed by atoms with Gasteiger partial charge in [0.2, 0.25) is 10.0 Å². The summed E-state index contributed by atoms with van der Waals surface area (Å²) in [6, 6.07) is 0. The number of nitrogens with two attached hydrogens (primary N) is 1. The molecule has 0 fully saturated rings. The van der Waals surface area contributed by atoms with Crippen molar-refractivity contribution in [3.8, 4) is 0 Å². The summed E-state index contributed by atoms with van der Waals surface area (Å²) in [4.78, 5) is 0.315. The Morgan fingerprint density at radius 2 is 1.90 bits per heavy atom. The smallest absolute Gasteiger partial charge is 0.244 e. The van der Waals surface area contributed by atoms with Crippen LogP contribution in [0.4, 0.5) is 0 Å². The average Bonchev–Trinajstić information content (AvgIpc) is 2.71. The SMILES string of the molecule is CCCCCCNS(=O)(=O)c1c(C)nn(CCCN)c1C. The van der Waals surface area contributed by atoms with E-state index in [1.165, 1.54) is 0 Å². The van der Waals surface area contributed by atoms with Crippen LogP contribution in [0, 0.1) is 13.8 Å². The third kappa shape index (κ3) is 5.09. The zero-order valence-electron chi connectivity index (χ0n) is 13.4. The summed E-state index contributed by atoms with van der Waals surface area (Å²) < 4.78 is 29.2. The maximum Gasteiger partial charge on any atom is 0.244 e. The minimum absolute atomic E-state index is 0.315. The van der Waals surface area contributed by atoms with Crippen LogP contribution in [0.25, 0.3) is 0 Å². The third-order valence-corrected chi connectivity index (χ3v) is 5.19. The fourth-order valence-electron chi connectivity index (χ4n) is 2.36. The van der Waals surface area contributed by atoms with E-state index < -0.39 is 10.0 Å². The van der Waals surface area contributed by atoms with Gasteiger partial charge in [-0.15, -0.1) is 0 Å². The summed E-state index contributed by atoms with van der Waals surface area (Å²) in [5, 5.41) is 4.31. The molecule has 0 bridgehead atoms. The first-order valence-corrected chi connectivity index (χ1v) is 9.16. The predicted molar refractivity (Wildman–Crippen MR) is 84.7 cm³/mol. The number of aromatic nitrogens is 2. The molecule has 0 atom stereocenters. The molecule has 7 heteroatoms. The van der Waals surface area contributed by atoms with Gasteiger partial charge in [-0.1, -0.05) is 26.2 Å². The number of nitrogens with zero attached hydrogens (tertiary/aromatic N) is 2. The molecule has 0 amide bonds. The first-order valence-electron chi connectivity index (χ1n) is 7.67. The van der Waals surface area contributed by atoms with Crippen LogP contribution < -0.4 is 10.5 Å². The molecule has 1 rings (SSSR count). The zero-order chi connectivity index (χ0) is 15.9. The molecule has 1 aromatic rings. The molecular weight excluding hydrogens is 288 g/mol. The van der Waals surface area contributed by atoms with E-state index in [2.05, 4.69) is 16.7 Å². The minimum Gasteiger partial charge on any atom is -0.330 e. The normalized spacial score (nSPS) is 12.0. The van der Waals surface area contributed by atoms with Gasteiger partial charge in [0.25, 0.3) is 0 Å². The third-order valence-electron chi connectivity index (χ3n) is 3.48. The van der Waals surface area contributed by atoms with Crippen LogP contribution in [-0.4, -0.2) is 31.3 Å². The number of nitrogens with one attached hydrogen (secondary N) is 1. The number of unbranched alkanes of at least 4 members (excludes halogenated alkanes) is 3. The quantitative estimate of drug-likeness (QED) is 0.643. The first kappa shape index (κ1) is 18.1. The van der Waals surface area contributed by atoms with Crippen molar-refractivity contribution in [2.75, 3.05) is 13.1 Å². The molecule has 0 spiro atoms. The number of sulfonamides is 1. The Morgan fingerprint density at radius 3 is 2.52 bits per heavy atom. The second-order valence-corrected chi connectivity index (χ2v) is 7.03.